The van der Waals surface area contributed by atoms with Gasteiger partial charge >= 0.3 is 0 Å². The van der Waals surface area contributed by atoms with E-state index in [1.807, 2.05) is 0 Å². The second-order valence-electron chi connectivity index (χ2n) is 6.99. The van der Waals surface area contributed by atoms with Crippen molar-refractivity contribution in [1.82, 2.24) is 5.32 Å². The van der Waals surface area contributed by atoms with Crippen molar-refractivity contribution in [2.45, 2.75) is 60.0 Å². The average molecular weight is 241 g/mol. The monoisotopic (exact) mass is 241 g/mol. The van der Waals surface area contributed by atoms with E-state index in [0.29, 0.717) is 17.4 Å². The van der Waals surface area contributed by atoms with Crippen molar-refractivity contribution in [3.63, 3.8) is 0 Å². The van der Waals surface area contributed by atoms with Gasteiger partial charge in [0, 0.05) is 6.61 Å². The summed E-state index contributed by atoms with van der Waals surface area (Å²) < 4.78 is 5.78. The lowest BCUT2D eigenvalue weighted by molar-refractivity contribution is 0.0661. The zero-order chi connectivity index (χ0) is 12.9. The van der Waals surface area contributed by atoms with Crippen LogP contribution in [0.5, 0.6) is 0 Å². The molecular weight excluding hydrogens is 210 g/mol. The normalized spacial score (nSPS) is 23.3. The van der Waals surface area contributed by atoms with Crippen LogP contribution in [0.2, 0.25) is 0 Å². The van der Waals surface area contributed by atoms with E-state index in [-0.39, 0.29) is 0 Å². The van der Waals surface area contributed by atoms with Gasteiger partial charge in [-0.15, -0.1) is 0 Å². The predicted octanol–water partition coefficient (Wildman–Crippen LogP) is 3.46. The molecule has 0 aliphatic carbocycles. The summed E-state index contributed by atoms with van der Waals surface area (Å²) in [6.45, 7) is 14.8. The molecule has 1 heterocycles. The highest BCUT2D eigenvalue weighted by atomic mass is 16.5. The molecule has 0 amide bonds. The van der Waals surface area contributed by atoms with Crippen molar-refractivity contribution in [3.05, 3.63) is 0 Å². The maximum atomic E-state index is 5.78. The van der Waals surface area contributed by atoms with Gasteiger partial charge in [0.05, 0.1) is 6.10 Å². The summed E-state index contributed by atoms with van der Waals surface area (Å²) in [6, 6.07) is 0. The fraction of sp³-hybridized carbons (Fsp3) is 1.00. The van der Waals surface area contributed by atoms with Gasteiger partial charge in [-0.3, -0.25) is 0 Å². The van der Waals surface area contributed by atoms with Gasteiger partial charge in [-0.05, 0) is 49.6 Å². The van der Waals surface area contributed by atoms with E-state index in [1.54, 1.807) is 0 Å². The second kappa shape index (κ2) is 6.75. The van der Waals surface area contributed by atoms with Gasteiger partial charge in [0.2, 0.25) is 0 Å². The minimum atomic E-state index is 0.371. The van der Waals surface area contributed by atoms with Crippen LogP contribution in [0.4, 0.5) is 0 Å². The minimum Gasteiger partial charge on any atom is -0.378 e. The van der Waals surface area contributed by atoms with E-state index in [9.17, 15) is 0 Å². The fourth-order valence-corrected chi connectivity index (χ4v) is 2.44. The molecule has 1 fully saturated rings. The first-order valence-corrected chi connectivity index (χ1v) is 7.22. The molecule has 1 saturated heterocycles. The van der Waals surface area contributed by atoms with Crippen LogP contribution >= 0.6 is 0 Å². The summed E-state index contributed by atoms with van der Waals surface area (Å²) in [5, 5.41) is 3.61. The first-order chi connectivity index (χ1) is 7.89. The third-order valence-corrected chi connectivity index (χ3v) is 3.74. The number of ether oxygens (including phenoxy) is 1. The van der Waals surface area contributed by atoms with Crippen LogP contribution in [0, 0.1) is 17.3 Å². The lowest BCUT2D eigenvalue weighted by Crippen LogP contribution is -2.35. The number of hydrogen-bond donors (Lipinski definition) is 1. The van der Waals surface area contributed by atoms with E-state index in [4.69, 9.17) is 4.74 Å². The lowest BCUT2D eigenvalue weighted by Gasteiger charge is -2.33. The molecule has 1 aliphatic rings. The highest BCUT2D eigenvalue weighted by Crippen LogP contribution is 2.32. The van der Waals surface area contributed by atoms with Gasteiger partial charge < -0.3 is 10.1 Å². The first-order valence-electron chi connectivity index (χ1n) is 7.22. The smallest absolute Gasteiger partial charge is 0.0579 e. The van der Waals surface area contributed by atoms with Gasteiger partial charge in [0.1, 0.15) is 0 Å². The van der Waals surface area contributed by atoms with Crippen LogP contribution in [-0.4, -0.2) is 25.8 Å². The Morgan fingerprint density at radius 2 is 1.94 bits per heavy atom. The lowest BCUT2D eigenvalue weighted by atomic mass is 9.77. The van der Waals surface area contributed by atoms with Crippen molar-refractivity contribution >= 4 is 0 Å². The number of nitrogens with one attached hydrogen (secondary N) is 1. The van der Waals surface area contributed by atoms with E-state index >= 15 is 0 Å². The van der Waals surface area contributed by atoms with Crippen LogP contribution in [0.15, 0.2) is 0 Å². The predicted molar refractivity (Wildman–Crippen MR) is 74.2 cm³/mol. The minimum absolute atomic E-state index is 0.371. The van der Waals surface area contributed by atoms with E-state index in [2.05, 4.69) is 39.9 Å². The molecule has 0 aromatic rings. The average Bonchev–Trinajstić information content (AvgIpc) is 2.66. The van der Waals surface area contributed by atoms with Crippen LogP contribution < -0.4 is 5.32 Å². The van der Waals surface area contributed by atoms with Crippen molar-refractivity contribution in [1.29, 1.82) is 0 Å². The highest BCUT2D eigenvalue weighted by Gasteiger charge is 2.28. The van der Waals surface area contributed by atoms with Crippen molar-refractivity contribution in [2.24, 2.45) is 17.3 Å². The van der Waals surface area contributed by atoms with Crippen molar-refractivity contribution < 1.29 is 4.74 Å². The molecule has 102 valence electrons. The maximum absolute atomic E-state index is 5.78. The molecule has 0 aromatic carbocycles. The Hall–Kier alpha value is -0.0800. The summed E-state index contributed by atoms with van der Waals surface area (Å²) >= 11 is 0. The van der Waals surface area contributed by atoms with E-state index < -0.39 is 0 Å². The molecular formula is C15H31NO. The molecule has 0 radical (unpaired) electrons. The van der Waals surface area contributed by atoms with E-state index in [1.165, 1.54) is 19.3 Å². The third kappa shape index (κ3) is 5.87. The van der Waals surface area contributed by atoms with Gasteiger partial charge in [0.15, 0.2) is 0 Å². The second-order valence-corrected chi connectivity index (χ2v) is 6.99. The van der Waals surface area contributed by atoms with E-state index in [0.717, 1.165) is 25.6 Å². The summed E-state index contributed by atoms with van der Waals surface area (Å²) in [4.78, 5) is 0. The van der Waals surface area contributed by atoms with Gasteiger partial charge in [-0.2, -0.15) is 0 Å². The number of hydrogen-bond acceptors (Lipinski definition) is 2. The molecule has 0 spiro atoms. The Morgan fingerprint density at radius 1 is 1.24 bits per heavy atom. The summed E-state index contributed by atoms with van der Waals surface area (Å²) in [5.41, 5.74) is 0.371. The molecule has 2 unspecified atom stereocenters. The molecule has 2 atom stereocenters. The largest absolute Gasteiger partial charge is 0.378 e. The molecule has 0 bridgehead atoms. The molecule has 0 saturated carbocycles. The van der Waals surface area contributed by atoms with Crippen molar-refractivity contribution in [3.8, 4) is 0 Å². The van der Waals surface area contributed by atoms with Gasteiger partial charge in [0.25, 0.3) is 0 Å². The third-order valence-electron chi connectivity index (χ3n) is 3.74. The Morgan fingerprint density at radius 3 is 2.41 bits per heavy atom. The highest BCUT2D eigenvalue weighted by molar-refractivity contribution is 4.80. The molecule has 1 rings (SSSR count). The van der Waals surface area contributed by atoms with Crippen molar-refractivity contribution in [2.75, 3.05) is 19.7 Å². The molecule has 1 N–H and O–H groups in total. The SMILES string of the molecule is CC(C)CNCC(CC1CCCO1)C(C)(C)C. The summed E-state index contributed by atoms with van der Waals surface area (Å²) in [7, 11) is 0. The Labute approximate surface area is 108 Å². The summed E-state index contributed by atoms with van der Waals surface area (Å²) in [5.74, 6) is 1.45. The molecule has 17 heavy (non-hydrogen) atoms. The fourth-order valence-electron chi connectivity index (χ4n) is 2.44. The van der Waals surface area contributed by atoms with Crippen LogP contribution in [0.1, 0.15) is 53.9 Å². The van der Waals surface area contributed by atoms with Crippen LogP contribution in [0.3, 0.4) is 0 Å². The first kappa shape index (κ1) is 15.0. The quantitative estimate of drug-likeness (QED) is 0.769. The van der Waals surface area contributed by atoms with Gasteiger partial charge in [-0.25, -0.2) is 0 Å². The zero-order valence-electron chi connectivity index (χ0n) is 12.4. The Balaban J connectivity index is 2.37. The molecule has 2 nitrogen and oxygen atoms in total. The standard InChI is InChI=1S/C15H31NO/c1-12(2)10-16-11-13(15(3,4)5)9-14-7-6-8-17-14/h12-14,16H,6-11H2,1-5H3. The molecule has 2 heteroatoms. The van der Waals surface area contributed by atoms with Crippen LogP contribution in [0.25, 0.3) is 0 Å². The molecule has 1 aliphatic heterocycles. The topological polar surface area (TPSA) is 21.3 Å². The summed E-state index contributed by atoms with van der Waals surface area (Å²) in [6.07, 6.45) is 4.24. The Kier molecular flexibility index (Phi) is 5.94. The maximum Gasteiger partial charge on any atom is 0.0579 e. The van der Waals surface area contributed by atoms with Crippen LogP contribution in [-0.2, 0) is 4.74 Å². The zero-order valence-corrected chi connectivity index (χ0v) is 12.4. The Bertz CT molecular complexity index is 201. The molecule has 0 aromatic heterocycles. The van der Waals surface area contributed by atoms with Gasteiger partial charge in [-0.1, -0.05) is 34.6 Å². The number of rotatable bonds is 6.